The third-order valence-corrected chi connectivity index (χ3v) is 5.40. The van der Waals surface area contributed by atoms with Crippen molar-refractivity contribution in [1.29, 1.82) is 0 Å². The van der Waals surface area contributed by atoms with Gasteiger partial charge < -0.3 is 5.11 Å². The molecule has 1 N–H and O–H groups in total. The van der Waals surface area contributed by atoms with Crippen molar-refractivity contribution in [3.05, 3.63) is 34.3 Å². The fourth-order valence-corrected chi connectivity index (χ4v) is 4.24. The Labute approximate surface area is 140 Å². The van der Waals surface area contributed by atoms with E-state index in [-0.39, 0.29) is 11.7 Å². The number of carboxylic acid groups (broad SMARTS) is 1. The van der Waals surface area contributed by atoms with Crippen molar-refractivity contribution in [2.24, 2.45) is 11.8 Å². The maximum atomic E-state index is 12.5. The summed E-state index contributed by atoms with van der Waals surface area (Å²) in [7, 11) is 0. The van der Waals surface area contributed by atoms with Crippen molar-refractivity contribution in [1.82, 2.24) is 4.31 Å². The second kappa shape index (κ2) is 6.22. The summed E-state index contributed by atoms with van der Waals surface area (Å²) in [5.74, 6) is -1.10. The van der Waals surface area contributed by atoms with Gasteiger partial charge >= 0.3 is 5.97 Å². The standard InChI is InChI=1S/C16H18ClNO3S/c17-12-2-1-10-5-9(6-11(10)8-12)7-14(19)13-3-4-18(22)15(13)16(20)21/h1-2,8-9,13,15,22H,3-7H2,(H,20,21)/t9?,13?,15-/m0/s1. The second-order valence-electron chi connectivity index (χ2n) is 6.20. The minimum absolute atomic E-state index is 0.0489. The summed E-state index contributed by atoms with van der Waals surface area (Å²) in [6.07, 6.45) is 2.72. The predicted octanol–water partition coefficient (Wildman–Crippen LogP) is 2.63. The number of benzene rings is 1. The average Bonchev–Trinajstić information content (AvgIpc) is 3.01. The molecule has 1 saturated heterocycles. The van der Waals surface area contributed by atoms with Crippen LogP contribution >= 0.6 is 24.4 Å². The summed E-state index contributed by atoms with van der Waals surface area (Å²) in [6, 6.07) is 5.06. The van der Waals surface area contributed by atoms with E-state index in [0.717, 1.165) is 17.9 Å². The summed E-state index contributed by atoms with van der Waals surface area (Å²) >= 11 is 10.2. The Kier molecular flexibility index (Phi) is 4.48. The molecule has 0 aromatic heterocycles. The highest BCUT2D eigenvalue weighted by molar-refractivity contribution is 7.77. The molecule has 118 valence electrons. The van der Waals surface area contributed by atoms with Crippen molar-refractivity contribution < 1.29 is 14.7 Å². The highest BCUT2D eigenvalue weighted by atomic mass is 35.5. The van der Waals surface area contributed by atoms with Crippen LogP contribution < -0.4 is 0 Å². The zero-order chi connectivity index (χ0) is 15.9. The van der Waals surface area contributed by atoms with Crippen LogP contribution in [0.2, 0.25) is 5.02 Å². The molecule has 1 aromatic carbocycles. The smallest absolute Gasteiger partial charge is 0.322 e. The topological polar surface area (TPSA) is 57.6 Å². The third kappa shape index (κ3) is 3.03. The molecular weight excluding hydrogens is 322 g/mol. The van der Waals surface area contributed by atoms with Gasteiger partial charge in [0, 0.05) is 23.9 Å². The Morgan fingerprint density at radius 3 is 2.77 bits per heavy atom. The highest BCUT2D eigenvalue weighted by Crippen LogP contribution is 2.34. The minimum Gasteiger partial charge on any atom is -0.480 e. The van der Waals surface area contributed by atoms with E-state index in [1.165, 1.54) is 15.4 Å². The summed E-state index contributed by atoms with van der Waals surface area (Å²) in [4.78, 5) is 23.9. The first-order chi connectivity index (χ1) is 10.5. The molecule has 6 heteroatoms. The van der Waals surface area contributed by atoms with Crippen molar-refractivity contribution in [3.63, 3.8) is 0 Å². The van der Waals surface area contributed by atoms with Gasteiger partial charge in [-0.1, -0.05) is 30.5 Å². The number of hydrogen-bond donors (Lipinski definition) is 2. The van der Waals surface area contributed by atoms with E-state index in [2.05, 4.69) is 12.8 Å². The Bertz CT molecular complexity index is 621. The van der Waals surface area contributed by atoms with Crippen LogP contribution in [-0.4, -0.2) is 33.8 Å². The minimum atomic E-state index is -0.965. The molecule has 1 aliphatic carbocycles. The van der Waals surface area contributed by atoms with Crippen LogP contribution in [0.5, 0.6) is 0 Å². The summed E-state index contributed by atoms with van der Waals surface area (Å²) in [6.45, 7) is 0.539. The molecule has 4 nitrogen and oxygen atoms in total. The van der Waals surface area contributed by atoms with Crippen LogP contribution in [0.25, 0.3) is 0 Å². The van der Waals surface area contributed by atoms with Crippen LogP contribution in [0, 0.1) is 11.8 Å². The molecule has 22 heavy (non-hydrogen) atoms. The number of fused-ring (bicyclic) bond motifs is 1. The molecule has 3 rings (SSSR count). The van der Waals surface area contributed by atoms with Crippen LogP contribution in [0.3, 0.4) is 0 Å². The first-order valence-electron chi connectivity index (χ1n) is 7.44. The van der Waals surface area contributed by atoms with Crippen molar-refractivity contribution >= 4 is 36.2 Å². The number of rotatable bonds is 4. The lowest BCUT2D eigenvalue weighted by Crippen LogP contribution is -2.38. The number of carbonyl (C=O) groups is 2. The van der Waals surface area contributed by atoms with E-state index in [1.54, 1.807) is 0 Å². The number of Topliss-reactive ketones (excluding diaryl/α,β-unsaturated/α-hetero) is 1. The van der Waals surface area contributed by atoms with Crippen LogP contribution in [0.1, 0.15) is 24.0 Å². The summed E-state index contributed by atoms with van der Waals surface area (Å²) in [5, 5.41) is 10.00. The van der Waals surface area contributed by atoms with Gasteiger partial charge in [0.15, 0.2) is 0 Å². The quantitative estimate of drug-likeness (QED) is 0.828. The highest BCUT2D eigenvalue weighted by Gasteiger charge is 2.42. The molecule has 0 radical (unpaired) electrons. The Balaban J connectivity index is 1.65. The number of nitrogens with zero attached hydrogens (tertiary/aromatic N) is 1. The number of thiol groups is 1. The molecule has 1 aliphatic heterocycles. The number of hydrogen-bond acceptors (Lipinski definition) is 4. The van der Waals surface area contributed by atoms with Crippen molar-refractivity contribution in [2.75, 3.05) is 6.54 Å². The predicted molar refractivity (Wildman–Crippen MR) is 87.2 cm³/mol. The normalized spacial score (nSPS) is 27.8. The largest absolute Gasteiger partial charge is 0.480 e. The first kappa shape index (κ1) is 15.8. The van der Waals surface area contributed by atoms with E-state index in [1.807, 2.05) is 18.2 Å². The molecular formula is C16H18ClNO3S. The number of aliphatic carboxylic acids is 1. The Morgan fingerprint density at radius 2 is 2.05 bits per heavy atom. The van der Waals surface area contributed by atoms with Gasteiger partial charge in [-0.05, 0) is 48.4 Å². The van der Waals surface area contributed by atoms with E-state index >= 15 is 0 Å². The second-order valence-corrected chi connectivity index (χ2v) is 7.15. The van der Waals surface area contributed by atoms with Gasteiger partial charge in [0.25, 0.3) is 0 Å². The molecule has 1 aromatic rings. The molecule has 0 bridgehead atoms. The summed E-state index contributed by atoms with van der Waals surface area (Å²) in [5.41, 5.74) is 2.46. The van der Waals surface area contributed by atoms with Gasteiger partial charge in [-0.15, -0.1) is 0 Å². The molecule has 1 fully saturated rings. The van der Waals surface area contributed by atoms with E-state index in [4.69, 9.17) is 11.6 Å². The van der Waals surface area contributed by atoms with Crippen molar-refractivity contribution in [2.45, 2.75) is 31.7 Å². The van der Waals surface area contributed by atoms with Crippen LogP contribution in [0.15, 0.2) is 18.2 Å². The number of carbonyl (C=O) groups excluding carboxylic acids is 1. The van der Waals surface area contributed by atoms with E-state index in [0.29, 0.717) is 19.4 Å². The van der Waals surface area contributed by atoms with Crippen LogP contribution in [-0.2, 0) is 22.4 Å². The SMILES string of the molecule is O=C(CC1Cc2ccc(Cl)cc2C1)C1CCN(S)[C@@H]1C(=O)O. The van der Waals surface area contributed by atoms with Gasteiger partial charge in [0.1, 0.15) is 11.8 Å². The maximum absolute atomic E-state index is 12.5. The molecule has 0 amide bonds. The Morgan fingerprint density at radius 1 is 1.32 bits per heavy atom. The van der Waals surface area contributed by atoms with Gasteiger partial charge in [-0.2, -0.15) is 0 Å². The number of halogens is 1. The zero-order valence-electron chi connectivity index (χ0n) is 12.0. The monoisotopic (exact) mass is 339 g/mol. The van der Waals surface area contributed by atoms with Crippen LogP contribution in [0.4, 0.5) is 0 Å². The Hall–Kier alpha value is -1.04. The lowest BCUT2D eigenvalue weighted by atomic mass is 9.88. The fraction of sp³-hybridized carbons (Fsp3) is 0.500. The lowest BCUT2D eigenvalue weighted by Gasteiger charge is -2.20. The maximum Gasteiger partial charge on any atom is 0.322 e. The molecule has 1 heterocycles. The van der Waals surface area contributed by atoms with Gasteiger partial charge in [0.05, 0.1) is 0 Å². The first-order valence-corrected chi connectivity index (χ1v) is 8.22. The fourth-order valence-electron chi connectivity index (χ4n) is 3.67. The van der Waals surface area contributed by atoms with Gasteiger partial charge in [-0.3, -0.25) is 9.59 Å². The molecule has 3 atom stereocenters. The number of ketones is 1. The van der Waals surface area contributed by atoms with Gasteiger partial charge in [-0.25, -0.2) is 4.31 Å². The van der Waals surface area contributed by atoms with Gasteiger partial charge in [0.2, 0.25) is 0 Å². The lowest BCUT2D eigenvalue weighted by molar-refractivity contribution is -0.144. The van der Waals surface area contributed by atoms with E-state index in [9.17, 15) is 14.7 Å². The van der Waals surface area contributed by atoms with Crippen molar-refractivity contribution in [3.8, 4) is 0 Å². The number of carboxylic acids is 1. The molecule has 2 aliphatic rings. The molecule has 2 unspecified atom stereocenters. The third-order valence-electron chi connectivity index (χ3n) is 4.71. The molecule has 0 spiro atoms. The molecule has 0 saturated carbocycles. The zero-order valence-corrected chi connectivity index (χ0v) is 13.7. The van der Waals surface area contributed by atoms with E-state index < -0.39 is 17.9 Å². The average molecular weight is 340 g/mol. The summed E-state index contributed by atoms with van der Waals surface area (Å²) < 4.78 is 1.47.